The second kappa shape index (κ2) is 6.12. The Labute approximate surface area is 96.1 Å². The normalized spacial score (nSPS) is 12.6. The lowest BCUT2D eigenvalue weighted by Gasteiger charge is -2.11. The van der Waals surface area contributed by atoms with Crippen LogP contribution in [0.2, 0.25) is 0 Å². The molecule has 96 valence electrons. The van der Waals surface area contributed by atoms with Gasteiger partial charge >= 0.3 is 6.18 Å². The molecule has 17 heavy (non-hydrogen) atoms. The summed E-state index contributed by atoms with van der Waals surface area (Å²) < 4.78 is 40.3. The molecule has 1 aromatic heterocycles. The lowest BCUT2D eigenvalue weighted by molar-refractivity contribution is -0.132. The Morgan fingerprint density at radius 1 is 1.47 bits per heavy atom. The van der Waals surface area contributed by atoms with Crippen molar-refractivity contribution in [1.29, 1.82) is 0 Å². The second-order valence-corrected chi connectivity index (χ2v) is 3.21. The van der Waals surface area contributed by atoms with Gasteiger partial charge in [0.25, 0.3) is 0 Å². The predicted octanol–water partition coefficient (Wildman–Crippen LogP) is 1.29. The summed E-state index contributed by atoms with van der Waals surface area (Å²) in [5, 5.41) is 9.00. The van der Waals surface area contributed by atoms with Gasteiger partial charge in [-0.25, -0.2) is 0 Å². The SMILES string of the molecule is CN=C(NCCC(F)(F)F)NCc1ccon1. The van der Waals surface area contributed by atoms with E-state index in [-0.39, 0.29) is 12.5 Å². The molecule has 0 aliphatic heterocycles. The zero-order valence-electron chi connectivity index (χ0n) is 9.21. The first-order valence-electron chi connectivity index (χ1n) is 4.92. The highest BCUT2D eigenvalue weighted by atomic mass is 19.4. The maximum Gasteiger partial charge on any atom is 0.390 e. The number of halogens is 3. The van der Waals surface area contributed by atoms with Crippen molar-refractivity contribution in [3.05, 3.63) is 18.0 Å². The van der Waals surface area contributed by atoms with Crippen LogP contribution in [0.5, 0.6) is 0 Å². The molecule has 0 atom stereocenters. The van der Waals surface area contributed by atoms with E-state index in [1.165, 1.54) is 13.3 Å². The molecule has 0 fully saturated rings. The van der Waals surface area contributed by atoms with Crippen LogP contribution >= 0.6 is 0 Å². The van der Waals surface area contributed by atoms with Gasteiger partial charge in [0.15, 0.2) is 5.96 Å². The number of alkyl halides is 3. The number of guanidine groups is 1. The van der Waals surface area contributed by atoms with Gasteiger partial charge in [0.1, 0.15) is 12.0 Å². The Morgan fingerprint density at radius 3 is 2.76 bits per heavy atom. The summed E-state index contributed by atoms with van der Waals surface area (Å²) in [6.07, 6.45) is -3.66. The summed E-state index contributed by atoms with van der Waals surface area (Å²) in [6, 6.07) is 1.65. The molecule has 0 saturated heterocycles. The zero-order valence-corrected chi connectivity index (χ0v) is 9.21. The average molecular weight is 250 g/mol. The van der Waals surface area contributed by atoms with E-state index in [1.807, 2.05) is 0 Å². The standard InChI is InChI=1S/C9H13F3N4O/c1-13-8(14-4-3-9(10,11)12)15-6-7-2-5-17-16-7/h2,5H,3-4,6H2,1H3,(H2,13,14,15). The fraction of sp³-hybridized carbons (Fsp3) is 0.556. The van der Waals surface area contributed by atoms with Crippen LogP contribution in [0.15, 0.2) is 21.8 Å². The van der Waals surface area contributed by atoms with Crippen molar-refractivity contribution in [2.75, 3.05) is 13.6 Å². The summed E-state index contributed by atoms with van der Waals surface area (Å²) in [4.78, 5) is 3.78. The maximum absolute atomic E-state index is 11.9. The van der Waals surface area contributed by atoms with Crippen molar-refractivity contribution in [2.45, 2.75) is 19.1 Å². The van der Waals surface area contributed by atoms with E-state index in [0.717, 1.165) is 0 Å². The highest BCUT2D eigenvalue weighted by molar-refractivity contribution is 5.79. The second-order valence-electron chi connectivity index (χ2n) is 3.21. The minimum absolute atomic E-state index is 0.220. The summed E-state index contributed by atoms with van der Waals surface area (Å²) in [6.45, 7) is 0.115. The molecule has 0 bridgehead atoms. The topological polar surface area (TPSA) is 62.5 Å². The first-order chi connectivity index (χ1) is 8.01. The first-order valence-corrected chi connectivity index (χ1v) is 4.92. The smallest absolute Gasteiger partial charge is 0.364 e. The van der Waals surface area contributed by atoms with Crippen LogP contribution in [0.25, 0.3) is 0 Å². The third-order valence-corrected chi connectivity index (χ3v) is 1.85. The molecule has 0 aromatic carbocycles. The highest BCUT2D eigenvalue weighted by Gasteiger charge is 2.26. The van der Waals surface area contributed by atoms with Crippen LogP contribution in [0, 0.1) is 0 Å². The monoisotopic (exact) mass is 250 g/mol. The van der Waals surface area contributed by atoms with Gasteiger partial charge in [-0.2, -0.15) is 13.2 Å². The maximum atomic E-state index is 11.9. The van der Waals surface area contributed by atoms with Crippen molar-refractivity contribution in [3.8, 4) is 0 Å². The largest absolute Gasteiger partial charge is 0.390 e. The molecule has 0 saturated carbocycles. The van der Waals surface area contributed by atoms with Crippen LogP contribution in [0.4, 0.5) is 13.2 Å². The van der Waals surface area contributed by atoms with Gasteiger partial charge in [0.2, 0.25) is 0 Å². The third kappa shape index (κ3) is 5.79. The number of rotatable bonds is 4. The minimum atomic E-state index is -4.17. The van der Waals surface area contributed by atoms with Gasteiger partial charge in [-0.15, -0.1) is 0 Å². The van der Waals surface area contributed by atoms with E-state index < -0.39 is 12.6 Å². The molecule has 0 aliphatic carbocycles. The van der Waals surface area contributed by atoms with Crippen LogP contribution < -0.4 is 10.6 Å². The van der Waals surface area contributed by atoms with Gasteiger partial charge in [-0.3, -0.25) is 4.99 Å². The van der Waals surface area contributed by atoms with E-state index >= 15 is 0 Å². The van der Waals surface area contributed by atoms with Crippen LogP contribution in [-0.2, 0) is 6.54 Å². The van der Waals surface area contributed by atoms with Crippen molar-refractivity contribution in [1.82, 2.24) is 15.8 Å². The van der Waals surface area contributed by atoms with E-state index in [1.54, 1.807) is 6.07 Å². The zero-order chi connectivity index (χ0) is 12.7. The van der Waals surface area contributed by atoms with E-state index in [0.29, 0.717) is 12.2 Å². The number of hydrogen-bond acceptors (Lipinski definition) is 3. The van der Waals surface area contributed by atoms with Gasteiger partial charge in [-0.1, -0.05) is 5.16 Å². The lowest BCUT2D eigenvalue weighted by atomic mass is 10.4. The van der Waals surface area contributed by atoms with Gasteiger partial charge in [0.05, 0.1) is 13.0 Å². The summed E-state index contributed by atoms with van der Waals surface area (Å²) in [7, 11) is 1.48. The Morgan fingerprint density at radius 2 is 2.24 bits per heavy atom. The van der Waals surface area contributed by atoms with Gasteiger partial charge in [-0.05, 0) is 0 Å². The van der Waals surface area contributed by atoms with Crippen LogP contribution in [0.3, 0.4) is 0 Å². The number of nitrogens with zero attached hydrogens (tertiary/aromatic N) is 2. The van der Waals surface area contributed by atoms with Crippen LogP contribution in [0.1, 0.15) is 12.1 Å². The summed E-state index contributed by atoms with van der Waals surface area (Å²) >= 11 is 0. The number of nitrogens with one attached hydrogen (secondary N) is 2. The first kappa shape index (κ1) is 13.3. The average Bonchev–Trinajstić information content (AvgIpc) is 2.74. The summed E-state index contributed by atoms with van der Waals surface area (Å²) in [5.74, 6) is 0.289. The molecule has 1 aromatic rings. The Bertz CT molecular complexity index is 348. The molecule has 5 nitrogen and oxygen atoms in total. The van der Waals surface area contributed by atoms with Crippen molar-refractivity contribution >= 4 is 5.96 Å². The van der Waals surface area contributed by atoms with Crippen LogP contribution in [-0.4, -0.2) is 30.9 Å². The number of aliphatic imine (C=N–C) groups is 1. The Kier molecular flexibility index (Phi) is 4.80. The Balaban J connectivity index is 2.25. The van der Waals surface area contributed by atoms with Gasteiger partial charge < -0.3 is 15.2 Å². The predicted molar refractivity (Wildman–Crippen MR) is 55.4 cm³/mol. The molecule has 0 spiro atoms. The third-order valence-electron chi connectivity index (χ3n) is 1.85. The number of aromatic nitrogens is 1. The molecular weight excluding hydrogens is 237 g/mol. The van der Waals surface area contributed by atoms with Crippen molar-refractivity contribution < 1.29 is 17.7 Å². The lowest BCUT2D eigenvalue weighted by Crippen LogP contribution is -2.38. The molecule has 0 unspecified atom stereocenters. The van der Waals surface area contributed by atoms with Gasteiger partial charge in [0, 0.05) is 19.7 Å². The Hall–Kier alpha value is -1.73. The molecule has 2 N–H and O–H groups in total. The highest BCUT2D eigenvalue weighted by Crippen LogP contribution is 2.17. The molecule has 0 radical (unpaired) electrons. The minimum Gasteiger partial charge on any atom is -0.364 e. The van der Waals surface area contributed by atoms with E-state index in [9.17, 15) is 13.2 Å². The molecule has 1 heterocycles. The van der Waals surface area contributed by atoms with E-state index in [2.05, 4.69) is 25.3 Å². The molecule has 1 rings (SSSR count). The summed E-state index contributed by atoms with van der Waals surface area (Å²) in [5.41, 5.74) is 0.642. The molecule has 0 aliphatic rings. The fourth-order valence-corrected chi connectivity index (χ4v) is 1.05. The van der Waals surface area contributed by atoms with E-state index in [4.69, 9.17) is 0 Å². The molecule has 8 heteroatoms. The van der Waals surface area contributed by atoms with Crippen molar-refractivity contribution in [3.63, 3.8) is 0 Å². The quantitative estimate of drug-likeness (QED) is 0.624. The fourth-order valence-electron chi connectivity index (χ4n) is 1.05. The van der Waals surface area contributed by atoms with Crippen molar-refractivity contribution in [2.24, 2.45) is 4.99 Å². The molecule has 0 amide bonds. The molecular formula is C9H13F3N4O. The number of hydrogen-bond donors (Lipinski definition) is 2.